The van der Waals surface area contributed by atoms with Crippen LogP contribution in [0.2, 0.25) is 0 Å². The van der Waals surface area contributed by atoms with E-state index in [1.54, 1.807) is 0 Å². The van der Waals surface area contributed by atoms with Crippen molar-refractivity contribution in [2.24, 2.45) is 16.8 Å². The molecular weight excluding hydrogens is 411 g/mol. The van der Waals surface area contributed by atoms with Crippen LogP contribution in [0.4, 0.5) is 0 Å². The van der Waals surface area contributed by atoms with Crippen LogP contribution in [0.5, 0.6) is 0 Å². The third-order valence-electron chi connectivity index (χ3n) is 6.45. The van der Waals surface area contributed by atoms with Gasteiger partial charge < -0.3 is 10.2 Å². The van der Waals surface area contributed by atoms with E-state index in [-0.39, 0.29) is 24.0 Å². The van der Waals surface area contributed by atoms with Crippen molar-refractivity contribution in [2.75, 3.05) is 33.2 Å². The zero-order chi connectivity index (χ0) is 15.6. The number of hydrogen-bond donors (Lipinski definition) is 1. The van der Waals surface area contributed by atoms with Crippen LogP contribution in [0.15, 0.2) is 17.1 Å². The Labute approximate surface area is 164 Å². The third-order valence-corrected chi connectivity index (χ3v) is 6.45. The van der Waals surface area contributed by atoms with Gasteiger partial charge in [-0.1, -0.05) is 44.3 Å². The highest BCUT2D eigenvalue weighted by Gasteiger charge is 2.44. The highest BCUT2D eigenvalue weighted by Crippen LogP contribution is 2.44. The van der Waals surface area contributed by atoms with Gasteiger partial charge in [0.2, 0.25) is 0 Å². The molecule has 4 aliphatic rings. The number of aliphatic imine (C=N–C) groups is 1. The molecule has 0 amide bonds. The van der Waals surface area contributed by atoms with Crippen molar-refractivity contribution in [3.05, 3.63) is 12.2 Å². The molecule has 0 aromatic carbocycles. The van der Waals surface area contributed by atoms with Crippen LogP contribution in [0.1, 0.15) is 44.9 Å². The van der Waals surface area contributed by atoms with Crippen molar-refractivity contribution in [1.29, 1.82) is 0 Å². The molecular formula is C19H33IN4. The van der Waals surface area contributed by atoms with Crippen molar-refractivity contribution >= 4 is 29.9 Å². The van der Waals surface area contributed by atoms with Crippen molar-refractivity contribution in [2.45, 2.75) is 57.0 Å². The summed E-state index contributed by atoms with van der Waals surface area (Å²) in [5, 5.41) is 3.78. The fourth-order valence-electron chi connectivity index (χ4n) is 4.95. The lowest BCUT2D eigenvalue weighted by Gasteiger charge is -2.26. The van der Waals surface area contributed by atoms with Gasteiger partial charge in [0.15, 0.2) is 5.96 Å². The number of halogens is 1. The molecule has 2 saturated carbocycles. The summed E-state index contributed by atoms with van der Waals surface area (Å²) >= 11 is 0. The summed E-state index contributed by atoms with van der Waals surface area (Å²) in [6.07, 6.45) is 14.6. The molecule has 1 saturated heterocycles. The maximum Gasteiger partial charge on any atom is 0.193 e. The minimum Gasteiger partial charge on any atom is -0.353 e. The molecule has 3 unspecified atom stereocenters. The molecule has 0 aromatic rings. The standard InChI is InChI=1S/C19H32N4.HI/c1-20-19(21-18-13-17(18)15-7-3-2-4-8-15)23-12-9-16(14-23)22-10-5-6-11-22;/h5-6,15-18H,2-4,7-14H2,1H3,(H,20,21);1H. The first kappa shape index (κ1) is 18.5. The number of rotatable bonds is 3. The van der Waals surface area contributed by atoms with E-state index in [9.17, 15) is 0 Å². The quantitative estimate of drug-likeness (QED) is 0.314. The summed E-state index contributed by atoms with van der Waals surface area (Å²) < 4.78 is 0. The predicted molar refractivity (Wildman–Crippen MR) is 111 cm³/mol. The maximum atomic E-state index is 4.59. The summed E-state index contributed by atoms with van der Waals surface area (Å²) in [5.74, 6) is 3.07. The van der Waals surface area contributed by atoms with Gasteiger partial charge in [-0.05, 0) is 24.7 Å². The van der Waals surface area contributed by atoms with Crippen LogP contribution < -0.4 is 5.32 Å². The predicted octanol–water partition coefficient (Wildman–Crippen LogP) is 3.09. The van der Waals surface area contributed by atoms with Crippen LogP contribution in [0.3, 0.4) is 0 Å². The number of guanidine groups is 1. The molecule has 2 aliphatic carbocycles. The van der Waals surface area contributed by atoms with Crippen LogP contribution >= 0.6 is 24.0 Å². The Bertz CT molecular complexity index is 464. The molecule has 0 aromatic heterocycles. The van der Waals surface area contributed by atoms with E-state index >= 15 is 0 Å². The first-order valence-electron chi connectivity index (χ1n) is 9.72. The lowest BCUT2D eigenvalue weighted by atomic mass is 9.85. The molecule has 0 spiro atoms. The van der Waals surface area contributed by atoms with Gasteiger partial charge in [0.1, 0.15) is 0 Å². The summed E-state index contributed by atoms with van der Waals surface area (Å²) in [6, 6.07) is 1.40. The second-order valence-electron chi connectivity index (χ2n) is 7.91. The van der Waals surface area contributed by atoms with Crippen molar-refractivity contribution in [1.82, 2.24) is 15.1 Å². The van der Waals surface area contributed by atoms with Gasteiger partial charge in [0.25, 0.3) is 0 Å². The smallest absolute Gasteiger partial charge is 0.193 e. The molecule has 5 heteroatoms. The van der Waals surface area contributed by atoms with E-state index in [1.165, 1.54) is 44.9 Å². The molecule has 3 fully saturated rings. The van der Waals surface area contributed by atoms with E-state index in [4.69, 9.17) is 0 Å². The van der Waals surface area contributed by atoms with Crippen molar-refractivity contribution in [3.63, 3.8) is 0 Å². The van der Waals surface area contributed by atoms with Gasteiger partial charge in [0.05, 0.1) is 0 Å². The molecule has 3 atom stereocenters. The highest BCUT2D eigenvalue weighted by atomic mass is 127. The Morgan fingerprint density at radius 1 is 1.08 bits per heavy atom. The van der Waals surface area contributed by atoms with Gasteiger partial charge in [-0.25, -0.2) is 0 Å². The average Bonchev–Trinajstić information content (AvgIpc) is 2.99. The maximum absolute atomic E-state index is 4.59. The van der Waals surface area contributed by atoms with E-state index in [0.717, 1.165) is 44.0 Å². The molecule has 0 bridgehead atoms. The zero-order valence-electron chi connectivity index (χ0n) is 15.0. The molecule has 4 rings (SSSR count). The van der Waals surface area contributed by atoms with Crippen LogP contribution in [-0.4, -0.2) is 61.1 Å². The number of likely N-dealkylation sites (tertiary alicyclic amines) is 1. The minimum absolute atomic E-state index is 0. The minimum atomic E-state index is 0. The summed E-state index contributed by atoms with van der Waals surface area (Å²) in [5.41, 5.74) is 0. The van der Waals surface area contributed by atoms with E-state index < -0.39 is 0 Å². The Morgan fingerprint density at radius 3 is 2.54 bits per heavy atom. The number of nitrogens with one attached hydrogen (secondary N) is 1. The summed E-state index contributed by atoms with van der Waals surface area (Å²) in [7, 11) is 1.95. The first-order valence-corrected chi connectivity index (χ1v) is 9.72. The van der Waals surface area contributed by atoms with Crippen molar-refractivity contribution < 1.29 is 0 Å². The van der Waals surface area contributed by atoms with Crippen molar-refractivity contribution in [3.8, 4) is 0 Å². The Balaban J connectivity index is 0.00000169. The molecule has 136 valence electrons. The second-order valence-corrected chi connectivity index (χ2v) is 7.91. The molecule has 0 radical (unpaired) electrons. The van der Waals surface area contributed by atoms with E-state index in [0.29, 0.717) is 12.1 Å². The Kier molecular flexibility index (Phi) is 6.46. The van der Waals surface area contributed by atoms with Gasteiger partial charge in [-0.3, -0.25) is 9.89 Å². The molecule has 2 aliphatic heterocycles. The van der Waals surface area contributed by atoms with Gasteiger partial charge in [0, 0.05) is 45.3 Å². The topological polar surface area (TPSA) is 30.9 Å². The van der Waals surface area contributed by atoms with Gasteiger partial charge in [-0.2, -0.15) is 0 Å². The van der Waals surface area contributed by atoms with Gasteiger partial charge >= 0.3 is 0 Å². The molecule has 4 nitrogen and oxygen atoms in total. The Hall–Kier alpha value is -0.300. The summed E-state index contributed by atoms with van der Waals surface area (Å²) in [6.45, 7) is 4.57. The average molecular weight is 444 g/mol. The van der Waals surface area contributed by atoms with Crippen LogP contribution in [0.25, 0.3) is 0 Å². The Morgan fingerprint density at radius 2 is 1.83 bits per heavy atom. The first-order chi connectivity index (χ1) is 11.3. The van der Waals surface area contributed by atoms with Crippen LogP contribution in [-0.2, 0) is 0 Å². The monoisotopic (exact) mass is 444 g/mol. The van der Waals surface area contributed by atoms with Crippen LogP contribution in [0, 0.1) is 11.8 Å². The van der Waals surface area contributed by atoms with E-state index in [2.05, 4.69) is 32.3 Å². The fraction of sp³-hybridized carbons (Fsp3) is 0.842. The molecule has 1 N–H and O–H groups in total. The number of nitrogens with zero attached hydrogens (tertiary/aromatic N) is 3. The fourth-order valence-corrected chi connectivity index (χ4v) is 4.95. The lowest BCUT2D eigenvalue weighted by Crippen LogP contribution is -2.44. The summed E-state index contributed by atoms with van der Waals surface area (Å²) in [4.78, 5) is 9.67. The largest absolute Gasteiger partial charge is 0.353 e. The highest BCUT2D eigenvalue weighted by molar-refractivity contribution is 14.0. The SMILES string of the molecule is CN=C(NC1CC1C1CCCCC1)N1CCC(N2CC=CC2)C1.I. The lowest BCUT2D eigenvalue weighted by molar-refractivity contribution is 0.259. The third kappa shape index (κ3) is 4.09. The second kappa shape index (κ2) is 8.39. The van der Waals surface area contributed by atoms with E-state index in [1.807, 2.05) is 7.05 Å². The molecule has 24 heavy (non-hydrogen) atoms. The van der Waals surface area contributed by atoms with Gasteiger partial charge in [-0.15, -0.1) is 24.0 Å². The number of hydrogen-bond acceptors (Lipinski definition) is 2. The molecule has 2 heterocycles. The zero-order valence-corrected chi connectivity index (χ0v) is 17.3. The normalized spacial score (nSPS) is 34.5.